The molecular formula is C12H14FN5O3. The van der Waals surface area contributed by atoms with Crippen LogP contribution in [0, 0.1) is 18.4 Å². The maximum absolute atomic E-state index is 13.2. The molecule has 0 unspecified atom stereocenters. The number of anilines is 1. The van der Waals surface area contributed by atoms with Gasteiger partial charge in [0.1, 0.15) is 11.6 Å². The van der Waals surface area contributed by atoms with E-state index in [0.29, 0.717) is 0 Å². The van der Waals surface area contributed by atoms with Gasteiger partial charge in [0.25, 0.3) is 0 Å². The molecule has 0 saturated carbocycles. The quantitative estimate of drug-likeness (QED) is 0.474. The minimum atomic E-state index is -1.58. The Morgan fingerprint density at radius 2 is 2.33 bits per heavy atom. The molecule has 0 bridgehead atoms. The van der Waals surface area contributed by atoms with E-state index in [1.54, 1.807) is 0 Å². The Balaban J connectivity index is 2.39. The summed E-state index contributed by atoms with van der Waals surface area (Å²) < 4.78 is 19.6. The molecule has 2 heterocycles. The van der Waals surface area contributed by atoms with E-state index >= 15 is 0 Å². The highest BCUT2D eigenvalue weighted by atomic mass is 19.1. The minimum absolute atomic E-state index is 0.108. The van der Waals surface area contributed by atoms with Crippen molar-refractivity contribution in [3.8, 4) is 12.3 Å². The lowest BCUT2D eigenvalue weighted by Gasteiger charge is -2.30. The van der Waals surface area contributed by atoms with E-state index in [1.807, 2.05) is 0 Å². The van der Waals surface area contributed by atoms with E-state index in [0.717, 1.165) is 0 Å². The monoisotopic (exact) mass is 295 g/mol. The van der Waals surface area contributed by atoms with Gasteiger partial charge in [-0.15, -0.1) is 6.42 Å². The summed E-state index contributed by atoms with van der Waals surface area (Å²) in [5.74, 6) is 2.10. The van der Waals surface area contributed by atoms with Crippen LogP contribution in [0.5, 0.6) is 0 Å². The van der Waals surface area contributed by atoms with Gasteiger partial charge in [-0.2, -0.15) is 14.4 Å². The van der Waals surface area contributed by atoms with Crippen LogP contribution < -0.4 is 5.73 Å². The van der Waals surface area contributed by atoms with Crippen LogP contribution in [0.15, 0.2) is 6.33 Å². The normalized spacial score (nSPS) is 15.6. The number of ether oxygens (including phenoxy) is 1. The minimum Gasteiger partial charge on any atom is -0.392 e. The van der Waals surface area contributed by atoms with Crippen LogP contribution in [0.2, 0.25) is 0 Å². The smallest absolute Gasteiger partial charge is 0.312 e. The van der Waals surface area contributed by atoms with Gasteiger partial charge in [-0.1, -0.05) is 5.92 Å². The molecule has 0 aliphatic carbocycles. The molecule has 9 heteroatoms. The third-order valence-electron chi connectivity index (χ3n) is 3.21. The molecule has 4 N–H and O–H groups in total. The number of rotatable bonds is 5. The molecule has 0 spiro atoms. The summed E-state index contributed by atoms with van der Waals surface area (Å²) in [6.07, 6.45) is 4.33. The zero-order chi connectivity index (χ0) is 15.6. The molecule has 112 valence electrons. The maximum atomic E-state index is 13.2. The predicted molar refractivity (Wildman–Crippen MR) is 71.4 cm³/mol. The van der Waals surface area contributed by atoms with Crippen molar-refractivity contribution in [1.82, 2.24) is 19.5 Å². The number of hydrogen-bond acceptors (Lipinski definition) is 7. The molecule has 21 heavy (non-hydrogen) atoms. The predicted octanol–water partition coefficient (Wildman–Crippen LogP) is -1.08. The second-order valence-electron chi connectivity index (χ2n) is 4.36. The average molecular weight is 295 g/mol. The third kappa shape index (κ3) is 2.52. The molecule has 0 aliphatic heterocycles. The lowest BCUT2D eigenvalue weighted by atomic mass is 9.98. The van der Waals surface area contributed by atoms with E-state index in [1.165, 1.54) is 18.0 Å². The Kier molecular flexibility index (Phi) is 4.04. The van der Waals surface area contributed by atoms with Crippen molar-refractivity contribution in [2.24, 2.45) is 0 Å². The molecule has 8 nitrogen and oxygen atoms in total. The zero-order valence-electron chi connectivity index (χ0n) is 11.2. The number of imidazole rings is 1. The van der Waals surface area contributed by atoms with Crippen molar-refractivity contribution < 1.29 is 19.3 Å². The van der Waals surface area contributed by atoms with Crippen molar-refractivity contribution >= 4 is 17.0 Å². The topological polar surface area (TPSA) is 119 Å². The van der Waals surface area contributed by atoms with Gasteiger partial charge in [0, 0.05) is 7.11 Å². The summed E-state index contributed by atoms with van der Waals surface area (Å²) in [6, 6.07) is 0. The standard InChI is InChI=1S/C12H14FN5O3/c1-3-12(5-19,21-2)7(20)4-18-6-15-8-9(14)16-11(13)17-10(8)18/h1,6-7,19-20H,4-5H2,2H3,(H2,14,16,17)/t7-,12+/m0/s1. The van der Waals surface area contributed by atoms with E-state index in [2.05, 4.69) is 20.9 Å². The van der Waals surface area contributed by atoms with Gasteiger partial charge in [-0.3, -0.25) is 0 Å². The molecular weight excluding hydrogens is 281 g/mol. The fourth-order valence-corrected chi connectivity index (χ4v) is 1.91. The number of methoxy groups -OCH3 is 1. The van der Waals surface area contributed by atoms with Crippen molar-refractivity contribution in [1.29, 1.82) is 0 Å². The Morgan fingerprint density at radius 1 is 1.62 bits per heavy atom. The second-order valence-corrected chi connectivity index (χ2v) is 4.36. The van der Waals surface area contributed by atoms with Crippen LogP contribution in [-0.4, -0.2) is 55.2 Å². The van der Waals surface area contributed by atoms with Gasteiger partial charge >= 0.3 is 6.08 Å². The van der Waals surface area contributed by atoms with Crippen molar-refractivity contribution in [3.63, 3.8) is 0 Å². The summed E-state index contributed by atoms with van der Waals surface area (Å²) in [5, 5.41) is 19.5. The second kappa shape index (κ2) is 5.61. The van der Waals surface area contributed by atoms with Crippen LogP contribution in [-0.2, 0) is 11.3 Å². The molecule has 2 aromatic rings. The Bertz CT molecular complexity index is 692. The molecule has 0 radical (unpaired) electrons. The van der Waals surface area contributed by atoms with Crippen molar-refractivity contribution in [2.45, 2.75) is 18.2 Å². The van der Waals surface area contributed by atoms with Gasteiger partial charge in [-0.05, 0) is 0 Å². The van der Waals surface area contributed by atoms with Gasteiger partial charge in [-0.25, -0.2) is 4.98 Å². The fourth-order valence-electron chi connectivity index (χ4n) is 1.91. The van der Waals surface area contributed by atoms with Gasteiger partial charge < -0.3 is 25.3 Å². The highest BCUT2D eigenvalue weighted by Crippen LogP contribution is 2.20. The number of fused-ring (bicyclic) bond motifs is 1. The summed E-state index contributed by atoms with van der Waals surface area (Å²) in [7, 11) is 1.27. The van der Waals surface area contributed by atoms with Crippen LogP contribution in [0.4, 0.5) is 10.2 Å². The lowest BCUT2D eigenvalue weighted by Crippen LogP contribution is -2.48. The first kappa shape index (κ1) is 15.1. The maximum Gasteiger partial charge on any atom is 0.312 e. The molecule has 2 aromatic heterocycles. The zero-order valence-corrected chi connectivity index (χ0v) is 11.2. The molecule has 0 aliphatic rings. The first-order chi connectivity index (χ1) is 9.97. The number of aliphatic hydroxyl groups is 2. The molecule has 0 fully saturated rings. The van der Waals surface area contributed by atoms with Gasteiger partial charge in [0.05, 0.1) is 19.5 Å². The van der Waals surface area contributed by atoms with Crippen LogP contribution in [0.1, 0.15) is 0 Å². The van der Waals surface area contributed by atoms with Gasteiger partial charge in [0.15, 0.2) is 17.1 Å². The number of aromatic nitrogens is 4. The Morgan fingerprint density at radius 3 is 2.90 bits per heavy atom. The Hall–Kier alpha value is -2.28. The highest BCUT2D eigenvalue weighted by Gasteiger charge is 2.36. The van der Waals surface area contributed by atoms with E-state index < -0.39 is 24.4 Å². The number of nitrogen functional groups attached to an aromatic ring is 1. The third-order valence-corrected chi connectivity index (χ3v) is 3.21. The SMILES string of the molecule is C#C[C@](CO)(OC)[C@@H](O)Cn1cnc2c(N)nc(F)nc21. The first-order valence-corrected chi connectivity index (χ1v) is 5.93. The van der Waals surface area contributed by atoms with Crippen molar-refractivity contribution in [3.05, 3.63) is 12.4 Å². The lowest BCUT2D eigenvalue weighted by molar-refractivity contribution is -0.0947. The molecule has 2 atom stereocenters. The van der Waals surface area contributed by atoms with E-state index in [4.69, 9.17) is 16.9 Å². The highest BCUT2D eigenvalue weighted by molar-refractivity contribution is 5.81. The first-order valence-electron chi connectivity index (χ1n) is 5.93. The van der Waals surface area contributed by atoms with E-state index in [9.17, 15) is 14.6 Å². The average Bonchev–Trinajstić information content (AvgIpc) is 2.85. The molecule has 2 rings (SSSR count). The number of nitrogens with zero attached hydrogens (tertiary/aromatic N) is 4. The van der Waals surface area contributed by atoms with Crippen LogP contribution in [0.25, 0.3) is 11.2 Å². The number of halogens is 1. The number of terminal acetylenes is 1. The van der Waals surface area contributed by atoms with E-state index in [-0.39, 0.29) is 23.5 Å². The molecule has 0 amide bonds. The molecule has 0 saturated heterocycles. The Labute approximate surface area is 119 Å². The summed E-state index contributed by atoms with van der Waals surface area (Å²) in [6.45, 7) is -0.704. The summed E-state index contributed by atoms with van der Waals surface area (Å²) in [5.41, 5.74) is 4.28. The van der Waals surface area contributed by atoms with Crippen LogP contribution in [0.3, 0.4) is 0 Å². The fraction of sp³-hybridized carbons (Fsp3) is 0.417. The van der Waals surface area contributed by atoms with Crippen LogP contribution >= 0.6 is 0 Å². The number of hydrogen-bond donors (Lipinski definition) is 3. The summed E-state index contributed by atoms with van der Waals surface area (Å²) >= 11 is 0. The number of nitrogens with two attached hydrogens (primary N) is 1. The largest absolute Gasteiger partial charge is 0.392 e. The van der Waals surface area contributed by atoms with Gasteiger partial charge in [0.2, 0.25) is 0 Å². The van der Waals surface area contributed by atoms with Crippen molar-refractivity contribution in [2.75, 3.05) is 19.5 Å². The molecule has 0 aromatic carbocycles. The number of aliphatic hydroxyl groups excluding tert-OH is 2. The summed E-state index contributed by atoms with van der Waals surface area (Å²) in [4.78, 5) is 10.9.